The molecular formula is C25H27N3O6S. The van der Waals surface area contributed by atoms with Crippen LogP contribution in [0.5, 0.6) is 11.5 Å². The van der Waals surface area contributed by atoms with Crippen molar-refractivity contribution < 1.29 is 27.5 Å². The number of sulfonamides is 1. The molecular weight excluding hydrogens is 470 g/mol. The van der Waals surface area contributed by atoms with E-state index in [1.807, 2.05) is 30.3 Å². The summed E-state index contributed by atoms with van der Waals surface area (Å²) in [5.41, 5.74) is 1.81. The number of benzene rings is 3. The van der Waals surface area contributed by atoms with Gasteiger partial charge < -0.3 is 20.1 Å². The Hall–Kier alpha value is -3.89. The van der Waals surface area contributed by atoms with Crippen molar-refractivity contribution in [3.05, 3.63) is 78.4 Å². The minimum Gasteiger partial charge on any atom is -0.493 e. The van der Waals surface area contributed by atoms with Crippen LogP contribution in [0.15, 0.2) is 77.7 Å². The molecule has 3 N–H and O–H groups in total. The van der Waals surface area contributed by atoms with Crippen molar-refractivity contribution in [2.24, 2.45) is 0 Å². The molecule has 0 aliphatic heterocycles. The van der Waals surface area contributed by atoms with E-state index in [2.05, 4.69) is 15.4 Å². The third-order valence-electron chi connectivity index (χ3n) is 5.03. The molecule has 35 heavy (non-hydrogen) atoms. The van der Waals surface area contributed by atoms with Crippen LogP contribution in [0.4, 0.5) is 11.4 Å². The third kappa shape index (κ3) is 7.05. The molecule has 1 atom stereocenters. The van der Waals surface area contributed by atoms with Crippen LogP contribution in [0.25, 0.3) is 0 Å². The molecule has 0 unspecified atom stereocenters. The highest BCUT2D eigenvalue weighted by Gasteiger charge is 2.27. The largest absolute Gasteiger partial charge is 0.493 e. The van der Waals surface area contributed by atoms with Crippen LogP contribution in [0.1, 0.15) is 12.5 Å². The average Bonchev–Trinajstić information content (AvgIpc) is 2.84. The van der Waals surface area contributed by atoms with Crippen LogP contribution in [-0.4, -0.2) is 40.5 Å². The van der Waals surface area contributed by atoms with E-state index in [1.54, 1.807) is 24.3 Å². The Balaban J connectivity index is 1.85. The minimum absolute atomic E-state index is 0.0688. The maximum absolute atomic E-state index is 13.2. The molecule has 0 aliphatic rings. The van der Waals surface area contributed by atoms with Crippen molar-refractivity contribution in [2.45, 2.75) is 24.3 Å². The summed E-state index contributed by atoms with van der Waals surface area (Å²) in [5, 5.41) is 5.38. The number of carbonyl (C=O) groups is 2. The van der Waals surface area contributed by atoms with E-state index < -0.39 is 22.0 Å². The summed E-state index contributed by atoms with van der Waals surface area (Å²) >= 11 is 0. The number of rotatable bonds is 10. The number of anilines is 2. The molecule has 3 aromatic rings. The van der Waals surface area contributed by atoms with Gasteiger partial charge in [-0.05, 0) is 48.4 Å². The number of nitrogens with one attached hydrogen (secondary N) is 3. The first-order valence-corrected chi connectivity index (χ1v) is 12.2. The van der Waals surface area contributed by atoms with E-state index in [9.17, 15) is 18.0 Å². The summed E-state index contributed by atoms with van der Waals surface area (Å²) in [6.45, 7) is 1.40. The standard InChI is InChI=1S/C25H27N3O6S/c1-17(29)26-19-9-11-20(12-10-19)27-25(30)22(15-18-7-5-4-6-8-18)28-35(31,32)21-13-14-23(33-2)24(16-21)34-3/h4-14,16,22,28H,15H2,1-3H3,(H,26,29)(H,27,30)/t22-/m0/s1. The van der Waals surface area contributed by atoms with Crippen LogP contribution < -0.4 is 24.8 Å². The van der Waals surface area contributed by atoms with Gasteiger partial charge in [-0.2, -0.15) is 4.72 Å². The van der Waals surface area contributed by atoms with Crippen molar-refractivity contribution >= 4 is 33.2 Å². The van der Waals surface area contributed by atoms with Gasteiger partial charge in [0.05, 0.1) is 19.1 Å². The summed E-state index contributed by atoms with van der Waals surface area (Å²) in [7, 11) is -1.23. The second kappa shape index (κ2) is 11.5. The maximum atomic E-state index is 13.2. The molecule has 10 heteroatoms. The Morgan fingerprint density at radius 3 is 2.00 bits per heavy atom. The van der Waals surface area contributed by atoms with E-state index in [4.69, 9.17) is 9.47 Å². The molecule has 0 radical (unpaired) electrons. The zero-order valence-corrected chi connectivity index (χ0v) is 20.4. The molecule has 0 heterocycles. The average molecular weight is 498 g/mol. The van der Waals surface area contributed by atoms with Gasteiger partial charge in [0.1, 0.15) is 6.04 Å². The zero-order chi connectivity index (χ0) is 25.4. The molecule has 3 aromatic carbocycles. The highest BCUT2D eigenvalue weighted by atomic mass is 32.2. The molecule has 0 saturated heterocycles. The summed E-state index contributed by atoms with van der Waals surface area (Å²) < 4.78 is 39.2. The second-order valence-corrected chi connectivity index (χ2v) is 9.34. The number of hydrogen-bond donors (Lipinski definition) is 3. The number of carbonyl (C=O) groups excluding carboxylic acids is 2. The predicted molar refractivity (Wildman–Crippen MR) is 133 cm³/mol. The molecule has 9 nitrogen and oxygen atoms in total. The van der Waals surface area contributed by atoms with E-state index in [1.165, 1.54) is 39.3 Å². The molecule has 0 bridgehead atoms. The monoisotopic (exact) mass is 497 g/mol. The Labute approximate surface area is 204 Å². The lowest BCUT2D eigenvalue weighted by atomic mass is 10.1. The molecule has 0 aromatic heterocycles. The Morgan fingerprint density at radius 2 is 1.43 bits per heavy atom. The van der Waals surface area contributed by atoms with Crippen molar-refractivity contribution in [2.75, 3.05) is 24.9 Å². The van der Waals surface area contributed by atoms with Gasteiger partial charge in [0.15, 0.2) is 11.5 Å². The zero-order valence-electron chi connectivity index (χ0n) is 19.6. The Kier molecular flexibility index (Phi) is 8.45. The lowest BCUT2D eigenvalue weighted by Crippen LogP contribution is -2.45. The van der Waals surface area contributed by atoms with Crippen LogP contribution >= 0.6 is 0 Å². The predicted octanol–water partition coefficient (Wildman–Crippen LogP) is 3.19. The molecule has 2 amide bonds. The third-order valence-corrected chi connectivity index (χ3v) is 6.50. The van der Waals surface area contributed by atoms with Gasteiger partial charge in [-0.15, -0.1) is 0 Å². The van der Waals surface area contributed by atoms with Gasteiger partial charge in [0.25, 0.3) is 0 Å². The molecule has 0 aliphatic carbocycles. The number of amides is 2. The van der Waals surface area contributed by atoms with Crippen LogP contribution in [0.3, 0.4) is 0 Å². The summed E-state index contributed by atoms with van der Waals surface area (Å²) in [4.78, 5) is 24.3. The molecule has 0 saturated carbocycles. The quantitative estimate of drug-likeness (QED) is 0.395. The topological polar surface area (TPSA) is 123 Å². The van der Waals surface area contributed by atoms with Gasteiger partial charge in [-0.1, -0.05) is 30.3 Å². The van der Waals surface area contributed by atoms with E-state index >= 15 is 0 Å². The van der Waals surface area contributed by atoms with Crippen molar-refractivity contribution in [1.29, 1.82) is 0 Å². The maximum Gasteiger partial charge on any atom is 0.242 e. The molecule has 184 valence electrons. The number of methoxy groups -OCH3 is 2. The lowest BCUT2D eigenvalue weighted by molar-refractivity contribution is -0.117. The van der Waals surface area contributed by atoms with E-state index in [0.29, 0.717) is 17.1 Å². The van der Waals surface area contributed by atoms with Crippen molar-refractivity contribution in [3.8, 4) is 11.5 Å². The fourth-order valence-corrected chi connectivity index (χ4v) is 4.56. The van der Waals surface area contributed by atoms with E-state index in [0.717, 1.165) is 5.56 Å². The minimum atomic E-state index is -4.09. The van der Waals surface area contributed by atoms with Crippen molar-refractivity contribution in [1.82, 2.24) is 4.72 Å². The van der Waals surface area contributed by atoms with Crippen molar-refractivity contribution in [3.63, 3.8) is 0 Å². The highest BCUT2D eigenvalue weighted by Crippen LogP contribution is 2.29. The Bertz CT molecular complexity index is 1280. The van der Waals surface area contributed by atoms with Gasteiger partial charge in [0.2, 0.25) is 21.8 Å². The lowest BCUT2D eigenvalue weighted by Gasteiger charge is -2.19. The van der Waals surface area contributed by atoms with Gasteiger partial charge >= 0.3 is 0 Å². The Morgan fingerprint density at radius 1 is 0.829 bits per heavy atom. The van der Waals surface area contributed by atoms with Crippen LogP contribution in [-0.2, 0) is 26.0 Å². The van der Waals surface area contributed by atoms with Crippen LogP contribution in [0, 0.1) is 0 Å². The van der Waals surface area contributed by atoms with Gasteiger partial charge in [-0.3, -0.25) is 9.59 Å². The fraction of sp³-hybridized carbons (Fsp3) is 0.200. The van der Waals surface area contributed by atoms with Gasteiger partial charge in [0, 0.05) is 24.4 Å². The number of hydrogen-bond acceptors (Lipinski definition) is 6. The summed E-state index contributed by atoms with van der Waals surface area (Å²) in [6, 6.07) is 18.7. The SMILES string of the molecule is COc1ccc(S(=O)(=O)N[C@@H](Cc2ccccc2)C(=O)Nc2ccc(NC(C)=O)cc2)cc1OC. The smallest absolute Gasteiger partial charge is 0.242 e. The molecule has 0 spiro atoms. The summed E-state index contributed by atoms with van der Waals surface area (Å²) in [6.07, 6.45) is 0.128. The molecule has 3 rings (SSSR count). The molecule has 0 fully saturated rings. The van der Waals surface area contributed by atoms with E-state index in [-0.39, 0.29) is 23.0 Å². The second-order valence-electron chi connectivity index (χ2n) is 7.63. The summed E-state index contributed by atoms with van der Waals surface area (Å²) in [5.74, 6) is -0.120. The first kappa shape index (κ1) is 25.7. The highest BCUT2D eigenvalue weighted by molar-refractivity contribution is 7.89. The first-order valence-electron chi connectivity index (χ1n) is 10.7. The number of ether oxygens (including phenoxy) is 2. The first-order chi connectivity index (χ1) is 16.7. The fourth-order valence-electron chi connectivity index (χ4n) is 3.35. The van der Waals surface area contributed by atoms with Gasteiger partial charge in [-0.25, -0.2) is 8.42 Å². The normalized spacial score (nSPS) is 11.9. The van der Waals surface area contributed by atoms with Crippen LogP contribution in [0.2, 0.25) is 0 Å².